The number of nitrogens with zero attached hydrogens (tertiary/aromatic N) is 2. The molecule has 1 saturated carbocycles. The van der Waals surface area contributed by atoms with Crippen molar-refractivity contribution in [3.8, 4) is 0 Å². The molecule has 0 bridgehead atoms. The number of carbonyl (C=O) groups is 3. The van der Waals surface area contributed by atoms with Gasteiger partial charge in [0.1, 0.15) is 5.54 Å². The molecule has 1 aliphatic carbocycles. The van der Waals surface area contributed by atoms with E-state index in [1.807, 2.05) is 29.2 Å². The number of nitrogens with one attached hydrogen (secondary N) is 1. The molecular weight excluding hydrogens is 368 g/mol. The molecule has 1 aromatic rings. The average molecular weight is 399 g/mol. The van der Waals surface area contributed by atoms with Gasteiger partial charge in [0.25, 0.3) is 5.91 Å². The molecular formula is C22H30N4O3. The van der Waals surface area contributed by atoms with Crippen LogP contribution in [0.15, 0.2) is 24.3 Å². The third kappa shape index (κ3) is 3.52. The summed E-state index contributed by atoms with van der Waals surface area (Å²) in [5.41, 5.74) is 6.99. The van der Waals surface area contributed by atoms with Crippen LogP contribution in [0.25, 0.3) is 0 Å². The molecule has 4 rings (SSSR count). The monoisotopic (exact) mass is 398 g/mol. The summed E-state index contributed by atoms with van der Waals surface area (Å²) < 4.78 is 0. The van der Waals surface area contributed by atoms with Crippen molar-refractivity contribution in [1.29, 1.82) is 0 Å². The molecule has 1 saturated heterocycles. The van der Waals surface area contributed by atoms with Crippen LogP contribution in [0, 0.1) is 11.3 Å². The van der Waals surface area contributed by atoms with Crippen molar-refractivity contribution in [3.05, 3.63) is 35.4 Å². The van der Waals surface area contributed by atoms with Gasteiger partial charge in [0.15, 0.2) is 0 Å². The number of hydrogen-bond donors (Lipinski definition) is 2. The molecule has 2 fully saturated rings. The Bertz CT molecular complexity index is 867. The number of imide groups is 1. The van der Waals surface area contributed by atoms with E-state index in [0.717, 1.165) is 17.5 Å². The Morgan fingerprint density at radius 3 is 2.55 bits per heavy atom. The number of fused-ring (bicyclic) bond motifs is 1. The molecule has 29 heavy (non-hydrogen) atoms. The molecule has 3 N–H and O–H groups in total. The van der Waals surface area contributed by atoms with Crippen molar-refractivity contribution in [2.75, 3.05) is 6.67 Å². The Balaban J connectivity index is 1.58. The maximum absolute atomic E-state index is 13.4. The highest BCUT2D eigenvalue weighted by molar-refractivity contribution is 6.07. The number of rotatable bonds is 3. The predicted octanol–water partition coefficient (Wildman–Crippen LogP) is 1.99. The Hall–Kier alpha value is -2.41. The second-order valence-corrected chi connectivity index (χ2v) is 9.88. The minimum Gasteiger partial charge on any atom is -0.368 e. The van der Waals surface area contributed by atoms with E-state index in [2.05, 4.69) is 26.1 Å². The SMILES string of the molecule is CC1CC(C)(C)CC2(C1)NC(=O)N(CN1Cc3ccccc3CC1C(N)=O)C2=O. The number of nitrogens with two attached hydrogens (primary N) is 1. The molecule has 4 amide bonds. The van der Waals surface area contributed by atoms with Crippen LogP contribution in [0.2, 0.25) is 0 Å². The number of carbonyl (C=O) groups excluding carboxylic acids is 3. The summed E-state index contributed by atoms with van der Waals surface area (Å²) >= 11 is 0. The molecule has 7 nitrogen and oxygen atoms in total. The summed E-state index contributed by atoms with van der Waals surface area (Å²) in [7, 11) is 0. The molecule has 0 aromatic heterocycles. The van der Waals surface area contributed by atoms with Gasteiger partial charge in [-0.15, -0.1) is 0 Å². The Kier molecular flexibility index (Phi) is 4.69. The lowest BCUT2D eigenvalue weighted by Gasteiger charge is -2.44. The summed E-state index contributed by atoms with van der Waals surface area (Å²) in [4.78, 5) is 41.5. The molecule has 1 aromatic carbocycles. The molecule has 0 radical (unpaired) electrons. The topological polar surface area (TPSA) is 95.7 Å². The van der Waals surface area contributed by atoms with Crippen LogP contribution in [-0.2, 0) is 22.6 Å². The van der Waals surface area contributed by atoms with Crippen LogP contribution in [0.1, 0.15) is 51.2 Å². The van der Waals surface area contributed by atoms with Crippen LogP contribution in [-0.4, -0.2) is 45.9 Å². The summed E-state index contributed by atoms with van der Waals surface area (Å²) in [6, 6.07) is 7.00. The lowest BCUT2D eigenvalue weighted by Crippen LogP contribution is -2.56. The second kappa shape index (κ2) is 6.83. The van der Waals surface area contributed by atoms with Gasteiger partial charge in [-0.2, -0.15) is 0 Å². The van der Waals surface area contributed by atoms with Gasteiger partial charge in [-0.25, -0.2) is 9.69 Å². The Morgan fingerprint density at radius 2 is 1.90 bits per heavy atom. The van der Waals surface area contributed by atoms with Gasteiger partial charge in [-0.3, -0.25) is 14.5 Å². The third-order valence-corrected chi connectivity index (χ3v) is 6.62. The first-order chi connectivity index (χ1) is 13.6. The first-order valence-electron chi connectivity index (χ1n) is 10.3. The van der Waals surface area contributed by atoms with Gasteiger partial charge >= 0.3 is 6.03 Å². The minimum atomic E-state index is -0.839. The van der Waals surface area contributed by atoms with E-state index in [1.54, 1.807) is 0 Å². The lowest BCUT2D eigenvalue weighted by molar-refractivity contribution is -0.138. The third-order valence-electron chi connectivity index (χ3n) is 6.62. The van der Waals surface area contributed by atoms with Gasteiger partial charge in [0, 0.05) is 6.54 Å². The van der Waals surface area contributed by atoms with Crippen LogP contribution in [0.3, 0.4) is 0 Å². The predicted molar refractivity (Wildman–Crippen MR) is 108 cm³/mol. The molecule has 156 valence electrons. The van der Waals surface area contributed by atoms with Gasteiger partial charge in [-0.1, -0.05) is 45.0 Å². The molecule has 3 atom stereocenters. The van der Waals surface area contributed by atoms with Crippen LogP contribution >= 0.6 is 0 Å². The van der Waals surface area contributed by atoms with Crippen molar-refractivity contribution >= 4 is 17.8 Å². The van der Waals surface area contributed by atoms with Crippen LogP contribution in [0.4, 0.5) is 4.79 Å². The normalized spacial score (nSPS) is 31.6. The van der Waals surface area contributed by atoms with E-state index in [0.29, 0.717) is 31.7 Å². The zero-order valence-electron chi connectivity index (χ0n) is 17.4. The van der Waals surface area contributed by atoms with Crippen LogP contribution < -0.4 is 11.1 Å². The van der Waals surface area contributed by atoms with Crippen molar-refractivity contribution in [1.82, 2.24) is 15.1 Å². The van der Waals surface area contributed by atoms with Crippen molar-refractivity contribution in [2.24, 2.45) is 17.1 Å². The van der Waals surface area contributed by atoms with E-state index >= 15 is 0 Å². The van der Waals surface area contributed by atoms with E-state index in [9.17, 15) is 14.4 Å². The van der Waals surface area contributed by atoms with Gasteiger partial charge in [-0.05, 0) is 48.1 Å². The summed E-state index contributed by atoms with van der Waals surface area (Å²) in [6.07, 6.45) is 2.81. The maximum Gasteiger partial charge on any atom is 0.326 e. The highest BCUT2D eigenvalue weighted by Crippen LogP contribution is 2.46. The van der Waals surface area contributed by atoms with Crippen molar-refractivity contribution < 1.29 is 14.4 Å². The zero-order chi connectivity index (χ0) is 21.0. The summed E-state index contributed by atoms with van der Waals surface area (Å²) in [5.74, 6) is -0.263. The fourth-order valence-corrected chi connectivity index (χ4v) is 5.82. The molecule has 2 aliphatic heterocycles. The number of urea groups is 1. The summed E-state index contributed by atoms with van der Waals surface area (Å²) in [5, 5.41) is 3.00. The fourth-order valence-electron chi connectivity index (χ4n) is 5.82. The standard InChI is InChI=1S/C22H30N4O3/c1-14-9-21(2,3)12-22(10-14)19(28)26(20(29)24-22)13-25-11-16-7-5-4-6-15(16)8-17(25)18(23)27/h4-7,14,17H,8-13H2,1-3H3,(H2,23,27)(H,24,29). The lowest BCUT2D eigenvalue weighted by atomic mass is 9.64. The smallest absolute Gasteiger partial charge is 0.326 e. The first kappa shape index (κ1) is 19.9. The van der Waals surface area contributed by atoms with Crippen molar-refractivity contribution in [3.63, 3.8) is 0 Å². The summed E-state index contributed by atoms with van der Waals surface area (Å²) in [6.45, 7) is 6.99. The molecule has 1 spiro atoms. The Labute approximate surface area is 171 Å². The van der Waals surface area contributed by atoms with Gasteiger partial charge in [0.2, 0.25) is 5.91 Å². The average Bonchev–Trinajstić information content (AvgIpc) is 2.82. The van der Waals surface area contributed by atoms with Gasteiger partial charge in [0.05, 0.1) is 12.7 Å². The largest absolute Gasteiger partial charge is 0.368 e. The number of primary amides is 1. The van der Waals surface area contributed by atoms with Gasteiger partial charge < -0.3 is 11.1 Å². The number of benzene rings is 1. The molecule has 3 unspecified atom stereocenters. The molecule has 2 heterocycles. The minimum absolute atomic E-state index is 0.0174. The maximum atomic E-state index is 13.4. The number of amides is 4. The quantitative estimate of drug-likeness (QED) is 0.761. The van der Waals surface area contributed by atoms with E-state index in [-0.39, 0.29) is 24.0 Å². The van der Waals surface area contributed by atoms with Crippen molar-refractivity contribution in [2.45, 2.75) is 64.6 Å². The molecule has 7 heteroatoms. The molecule has 3 aliphatic rings. The first-order valence-corrected chi connectivity index (χ1v) is 10.3. The van der Waals surface area contributed by atoms with Crippen LogP contribution in [0.5, 0.6) is 0 Å². The van der Waals surface area contributed by atoms with E-state index in [4.69, 9.17) is 5.73 Å². The zero-order valence-corrected chi connectivity index (χ0v) is 17.4. The highest BCUT2D eigenvalue weighted by Gasteiger charge is 2.56. The Morgan fingerprint density at radius 1 is 1.21 bits per heavy atom. The second-order valence-electron chi connectivity index (χ2n) is 9.88. The highest BCUT2D eigenvalue weighted by atomic mass is 16.2. The van der Waals surface area contributed by atoms with E-state index in [1.165, 1.54) is 4.90 Å². The van der Waals surface area contributed by atoms with E-state index < -0.39 is 17.5 Å². The number of hydrogen-bond acceptors (Lipinski definition) is 4. The fraction of sp³-hybridized carbons (Fsp3) is 0.591.